The van der Waals surface area contributed by atoms with Crippen LogP contribution in [0.4, 0.5) is 0 Å². The minimum Gasteiger partial charge on any atom is -0.493 e. The van der Waals surface area contributed by atoms with Crippen molar-refractivity contribution in [3.63, 3.8) is 0 Å². The molecule has 21 heavy (non-hydrogen) atoms. The summed E-state index contributed by atoms with van der Waals surface area (Å²) < 4.78 is 10.8. The lowest BCUT2D eigenvalue weighted by atomic mass is 10.1. The number of hydrogen-bond acceptors (Lipinski definition) is 3. The Morgan fingerprint density at radius 2 is 2.10 bits per heavy atom. The molecule has 1 aromatic rings. The van der Waals surface area contributed by atoms with Crippen molar-refractivity contribution in [1.29, 1.82) is 0 Å². The van der Waals surface area contributed by atoms with E-state index in [9.17, 15) is 0 Å². The molecule has 1 aromatic carbocycles. The van der Waals surface area contributed by atoms with Gasteiger partial charge in [-0.05, 0) is 25.5 Å². The van der Waals surface area contributed by atoms with E-state index in [0.717, 1.165) is 24.3 Å². The van der Waals surface area contributed by atoms with Gasteiger partial charge >= 0.3 is 0 Å². The standard InChI is InChI=1S/C15H25N3O2.HI/c1-4-17-15(16)18-11-13-7-6-12(2)10-14(13)20-9-5-8-19-3;/h6-7,10H,4-5,8-9,11H2,1-3H3,(H3,16,17,18);1H. The van der Waals surface area contributed by atoms with Crippen LogP contribution in [0.25, 0.3) is 0 Å². The Balaban J connectivity index is 0.00000400. The molecule has 0 aliphatic rings. The first kappa shape index (κ1) is 20.0. The highest BCUT2D eigenvalue weighted by atomic mass is 127. The van der Waals surface area contributed by atoms with E-state index in [1.807, 2.05) is 26.0 Å². The van der Waals surface area contributed by atoms with Crippen molar-refractivity contribution >= 4 is 29.9 Å². The van der Waals surface area contributed by atoms with E-state index in [4.69, 9.17) is 15.2 Å². The van der Waals surface area contributed by atoms with Gasteiger partial charge in [-0.2, -0.15) is 0 Å². The van der Waals surface area contributed by atoms with Crippen LogP contribution in [0.5, 0.6) is 5.75 Å². The first-order valence-corrected chi connectivity index (χ1v) is 6.92. The van der Waals surface area contributed by atoms with E-state index in [1.165, 1.54) is 5.56 Å². The van der Waals surface area contributed by atoms with Crippen LogP contribution in [-0.2, 0) is 11.3 Å². The third-order valence-corrected chi connectivity index (χ3v) is 2.75. The van der Waals surface area contributed by atoms with Crippen molar-refractivity contribution in [2.45, 2.75) is 26.8 Å². The van der Waals surface area contributed by atoms with Gasteiger partial charge < -0.3 is 20.5 Å². The molecule has 0 aliphatic carbocycles. The molecule has 0 aliphatic heterocycles. The first-order valence-electron chi connectivity index (χ1n) is 6.92. The van der Waals surface area contributed by atoms with Gasteiger partial charge in [-0.15, -0.1) is 24.0 Å². The van der Waals surface area contributed by atoms with Crippen LogP contribution in [0, 0.1) is 6.92 Å². The van der Waals surface area contributed by atoms with Crippen molar-refractivity contribution in [3.8, 4) is 5.75 Å². The van der Waals surface area contributed by atoms with E-state index < -0.39 is 0 Å². The fourth-order valence-corrected chi connectivity index (χ4v) is 1.72. The molecule has 0 amide bonds. The summed E-state index contributed by atoms with van der Waals surface area (Å²) in [5, 5.41) is 2.98. The maximum absolute atomic E-state index is 5.80. The largest absolute Gasteiger partial charge is 0.493 e. The van der Waals surface area contributed by atoms with Crippen molar-refractivity contribution in [1.82, 2.24) is 5.32 Å². The van der Waals surface area contributed by atoms with Gasteiger partial charge in [0.05, 0.1) is 13.2 Å². The zero-order valence-electron chi connectivity index (χ0n) is 13.0. The Bertz CT molecular complexity index is 439. The number of nitrogens with zero attached hydrogens (tertiary/aromatic N) is 1. The molecular formula is C15H26IN3O2. The highest BCUT2D eigenvalue weighted by Gasteiger charge is 2.04. The summed E-state index contributed by atoms with van der Waals surface area (Å²) in [6.45, 7) is 6.65. The molecule has 0 saturated heterocycles. The van der Waals surface area contributed by atoms with Crippen molar-refractivity contribution in [2.75, 3.05) is 26.9 Å². The molecule has 5 nitrogen and oxygen atoms in total. The highest BCUT2D eigenvalue weighted by molar-refractivity contribution is 14.0. The van der Waals surface area contributed by atoms with Crippen molar-refractivity contribution < 1.29 is 9.47 Å². The minimum absolute atomic E-state index is 0. The fourth-order valence-electron chi connectivity index (χ4n) is 1.72. The molecule has 0 saturated carbocycles. The maximum atomic E-state index is 5.80. The number of aliphatic imine (C=N–C) groups is 1. The number of nitrogens with two attached hydrogens (primary N) is 1. The molecular weight excluding hydrogens is 381 g/mol. The van der Waals surface area contributed by atoms with Gasteiger partial charge in [-0.3, -0.25) is 0 Å². The van der Waals surface area contributed by atoms with Gasteiger partial charge in [0, 0.05) is 32.2 Å². The van der Waals surface area contributed by atoms with Gasteiger partial charge in [-0.25, -0.2) is 4.99 Å². The highest BCUT2D eigenvalue weighted by Crippen LogP contribution is 2.21. The second-order valence-corrected chi connectivity index (χ2v) is 4.54. The van der Waals surface area contributed by atoms with Crippen LogP contribution < -0.4 is 15.8 Å². The van der Waals surface area contributed by atoms with Crippen LogP contribution in [-0.4, -0.2) is 32.8 Å². The van der Waals surface area contributed by atoms with Gasteiger partial charge in [0.25, 0.3) is 0 Å². The van der Waals surface area contributed by atoms with Gasteiger partial charge in [0.15, 0.2) is 5.96 Å². The number of guanidine groups is 1. The first-order chi connectivity index (χ1) is 9.67. The summed E-state index contributed by atoms with van der Waals surface area (Å²) in [4.78, 5) is 4.30. The summed E-state index contributed by atoms with van der Waals surface area (Å²) in [7, 11) is 1.69. The Morgan fingerprint density at radius 1 is 1.33 bits per heavy atom. The molecule has 0 bridgehead atoms. The third kappa shape index (κ3) is 8.11. The maximum Gasteiger partial charge on any atom is 0.188 e. The summed E-state index contributed by atoms with van der Waals surface area (Å²) >= 11 is 0. The van der Waals surface area contributed by atoms with E-state index >= 15 is 0 Å². The number of nitrogens with one attached hydrogen (secondary N) is 1. The second kappa shape index (κ2) is 11.6. The average molecular weight is 407 g/mol. The Kier molecular flexibility index (Phi) is 11.1. The van der Waals surface area contributed by atoms with Gasteiger partial charge in [-0.1, -0.05) is 12.1 Å². The smallest absolute Gasteiger partial charge is 0.188 e. The summed E-state index contributed by atoms with van der Waals surface area (Å²) in [6, 6.07) is 6.11. The molecule has 6 heteroatoms. The Morgan fingerprint density at radius 3 is 2.76 bits per heavy atom. The van der Waals surface area contributed by atoms with Crippen LogP contribution in [0.3, 0.4) is 0 Å². The lowest BCUT2D eigenvalue weighted by Crippen LogP contribution is -2.31. The van der Waals surface area contributed by atoms with Gasteiger partial charge in [0.2, 0.25) is 0 Å². The normalized spacial score (nSPS) is 10.9. The fraction of sp³-hybridized carbons (Fsp3) is 0.533. The van der Waals surface area contributed by atoms with Crippen LogP contribution in [0.2, 0.25) is 0 Å². The van der Waals surface area contributed by atoms with Crippen molar-refractivity contribution in [3.05, 3.63) is 29.3 Å². The molecule has 0 atom stereocenters. The number of methoxy groups -OCH3 is 1. The molecule has 0 spiro atoms. The second-order valence-electron chi connectivity index (χ2n) is 4.54. The van der Waals surface area contributed by atoms with E-state index in [-0.39, 0.29) is 24.0 Å². The van der Waals surface area contributed by atoms with Gasteiger partial charge in [0.1, 0.15) is 5.75 Å². The summed E-state index contributed by atoms with van der Waals surface area (Å²) in [5.74, 6) is 1.33. The lowest BCUT2D eigenvalue weighted by molar-refractivity contribution is 0.172. The molecule has 0 radical (unpaired) electrons. The molecule has 1 rings (SSSR count). The number of aryl methyl sites for hydroxylation is 1. The quantitative estimate of drug-likeness (QED) is 0.301. The van der Waals surface area contributed by atoms with Crippen LogP contribution in [0.1, 0.15) is 24.5 Å². The summed E-state index contributed by atoms with van der Waals surface area (Å²) in [6.07, 6.45) is 0.868. The number of ether oxygens (including phenoxy) is 2. The molecule has 0 heterocycles. The summed E-state index contributed by atoms with van der Waals surface area (Å²) in [5.41, 5.74) is 7.94. The third-order valence-electron chi connectivity index (χ3n) is 2.75. The Labute approximate surface area is 144 Å². The zero-order chi connectivity index (χ0) is 14.8. The van der Waals surface area contributed by atoms with E-state index in [2.05, 4.69) is 16.4 Å². The predicted octanol–water partition coefficient (Wildman–Crippen LogP) is 2.45. The lowest BCUT2D eigenvalue weighted by Gasteiger charge is -2.11. The molecule has 3 N–H and O–H groups in total. The minimum atomic E-state index is 0. The molecule has 0 aromatic heterocycles. The Hall–Kier alpha value is -1.02. The molecule has 120 valence electrons. The zero-order valence-corrected chi connectivity index (χ0v) is 15.3. The number of benzene rings is 1. The molecule has 0 unspecified atom stereocenters. The average Bonchev–Trinajstić information content (AvgIpc) is 2.43. The molecule has 0 fully saturated rings. The SMILES string of the molecule is CCNC(N)=NCc1ccc(C)cc1OCCCOC.I. The monoisotopic (exact) mass is 407 g/mol. The van der Waals surface area contributed by atoms with Crippen molar-refractivity contribution in [2.24, 2.45) is 10.7 Å². The topological polar surface area (TPSA) is 68.9 Å². The number of hydrogen-bond donors (Lipinski definition) is 2. The van der Waals surface area contributed by atoms with Crippen LogP contribution >= 0.6 is 24.0 Å². The predicted molar refractivity (Wildman–Crippen MR) is 97.6 cm³/mol. The number of halogens is 1. The van der Waals surface area contributed by atoms with Crippen LogP contribution in [0.15, 0.2) is 23.2 Å². The number of rotatable bonds is 8. The van der Waals surface area contributed by atoms with E-state index in [0.29, 0.717) is 25.7 Å². The van der Waals surface area contributed by atoms with E-state index in [1.54, 1.807) is 7.11 Å².